The lowest BCUT2D eigenvalue weighted by atomic mass is 9.98. The standard InChI is InChI=1S/C45H30N5/c1-5-15-30(16-6-1)34-25-26-38-36(27-34)37-28-35(31-17-7-2-8-18-31)29-41-42(37)49(38)39-23-13-14-24-40(39)50(41)45-47-43(32-19-9-3-10-20-32)46-44(48-45)33-21-11-4-12-22-33/h1-29,39H/q+1. The van der Waals surface area contributed by atoms with Crippen LogP contribution in [0.25, 0.3) is 66.8 Å². The molecule has 1 aliphatic heterocycles. The second-order valence-corrected chi connectivity index (χ2v) is 12.7. The van der Waals surface area contributed by atoms with Gasteiger partial charge in [-0.05, 0) is 86.8 Å². The molecule has 10 rings (SSSR count). The summed E-state index contributed by atoms with van der Waals surface area (Å²) in [5.41, 5.74) is 11.0. The van der Waals surface area contributed by atoms with E-state index in [1.807, 2.05) is 36.4 Å². The van der Waals surface area contributed by atoms with Crippen LogP contribution in [0.1, 0.15) is 6.04 Å². The van der Waals surface area contributed by atoms with E-state index in [2.05, 4.69) is 149 Å². The van der Waals surface area contributed by atoms with Crippen LogP contribution in [0.5, 0.6) is 0 Å². The first-order valence-electron chi connectivity index (χ1n) is 16.9. The Balaban J connectivity index is 1.31. The number of hydrogen-bond donors (Lipinski definition) is 0. The predicted molar refractivity (Wildman–Crippen MR) is 205 cm³/mol. The molecule has 0 saturated carbocycles. The molecule has 0 fully saturated rings. The predicted octanol–water partition coefficient (Wildman–Crippen LogP) is 10.6. The van der Waals surface area contributed by atoms with Gasteiger partial charge >= 0.3 is 5.95 Å². The second kappa shape index (κ2) is 11.5. The second-order valence-electron chi connectivity index (χ2n) is 12.7. The molecule has 0 radical (unpaired) electrons. The van der Waals surface area contributed by atoms with E-state index in [4.69, 9.17) is 15.0 Å². The van der Waals surface area contributed by atoms with E-state index >= 15 is 0 Å². The number of nitrogens with zero attached hydrogens (tertiary/aromatic N) is 5. The molecule has 6 aromatic carbocycles. The highest BCUT2D eigenvalue weighted by atomic mass is 15.3. The fourth-order valence-corrected chi connectivity index (χ4v) is 7.43. The average molecular weight is 641 g/mol. The lowest BCUT2D eigenvalue weighted by Gasteiger charge is -2.28. The minimum Gasteiger partial charge on any atom is -0.323 e. The number of aromatic nitrogens is 4. The largest absolute Gasteiger partial charge is 0.442 e. The lowest BCUT2D eigenvalue weighted by molar-refractivity contribution is 0.768. The molecule has 5 nitrogen and oxygen atoms in total. The number of allylic oxidation sites excluding steroid dienone is 4. The Labute approximate surface area is 289 Å². The van der Waals surface area contributed by atoms with Crippen molar-refractivity contribution in [3.05, 3.63) is 176 Å². The molecule has 0 amide bonds. The van der Waals surface area contributed by atoms with Gasteiger partial charge < -0.3 is 4.57 Å². The summed E-state index contributed by atoms with van der Waals surface area (Å²) in [5.74, 6) is 1.86. The first-order valence-corrected chi connectivity index (χ1v) is 16.9. The van der Waals surface area contributed by atoms with E-state index < -0.39 is 0 Å². The van der Waals surface area contributed by atoms with Crippen molar-refractivity contribution in [2.24, 2.45) is 0 Å². The molecule has 8 aromatic rings. The molecule has 0 saturated heterocycles. The quantitative estimate of drug-likeness (QED) is 0.176. The third kappa shape index (κ3) is 4.55. The van der Waals surface area contributed by atoms with Gasteiger partial charge in [0, 0.05) is 21.9 Å². The third-order valence-electron chi connectivity index (χ3n) is 9.73. The smallest absolute Gasteiger partial charge is 0.323 e. The monoisotopic (exact) mass is 640 g/mol. The van der Waals surface area contributed by atoms with Gasteiger partial charge in [-0.15, -0.1) is 0 Å². The molecule has 0 spiro atoms. The summed E-state index contributed by atoms with van der Waals surface area (Å²) in [5, 5.41) is 2.41. The molecule has 2 aromatic heterocycles. The maximum atomic E-state index is 5.23. The van der Waals surface area contributed by atoms with Gasteiger partial charge in [0.2, 0.25) is 11.6 Å². The Morgan fingerprint density at radius 3 is 1.66 bits per heavy atom. The first kappa shape index (κ1) is 28.3. The number of rotatable bonds is 5. The summed E-state index contributed by atoms with van der Waals surface area (Å²) in [7, 11) is 0. The Bertz CT molecular complexity index is 2610. The molecule has 0 bridgehead atoms. The molecule has 50 heavy (non-hydrogen) atoms. The van der Waals surface area contributed by atoms with Crippen molar-refractivity contribution in [1.82, 2.24) is 24.1 Å². The summed E-state index contributed by atoms with van der Waals surface area (Å²) < 4.78 is 4.75. The van der Waals surface area contributed by atoms with Crippen molar-refractivity contribution in [2.45, 2.75) is 6.04 Å². The van der Waals surface area contributed by atoms with Gasteiger partial charge in [0.05, 0.1) is 11.0 Å². The molecule has 1 aliphatic carbocycles. The van der Waals surface area contributed by atoms with E-state index in [1.165, 1.54) is 27.4 Å². The normalized spacial score (nSPS) is 14.8. The molecule has 2 aliphatic rings. The van der Waals surface area contributed by atoms with Crippen LogP contribution >= 0.6 is 0 Å². The van der Waals surface area contributed by atoms with Crippen LogP contribution in [0.15, 0.2) is 176 Å². The molecule has 1 atom stereocenters. The minimum atomic E-state index is -0.0604. The van der Waals surface area contributed by atoms with Gasteiger partial charge in [0.1, 0.15) is 17.4 Å². The topological polar surface area (TPSA) is 46.6 Å². The van der Waals surface area contributed by atoms with Crippen molar-refractivity contribution < 1.29 is 0 Å². The zero-order chi connectivity index (χ0) is 33.0. The fourth-order valence-electron chi connectivity index (χ4n) is 7.43. The Morgan fingerprint density at radius 1 is 0.480 bits per heavy atom. The summed E-state index contributed by atoms with van der Waals surface area (Å²) in [6.45, 7) is 0. The fraction of sp³-hybridized carbons (Fsp3) is 0.0222. The molecular formula is C45H30N5+. The Kier molecular flexibility index (Phi) is 6.49. The molecular weight excluding hydrogens is 611 g/mol. The van der Waals surface area contributed by atoms with Crippen LogP contribution in [-0.4, -0.2) is 25.2 Å². The highest BCUT2D eigenvalue weighted by molar-refractivity contribution is 6.19. The Hall–Kier alpha value is -6.72. The maximum absolute atomic E-state index is 5.23. The SMILES string of the molecule is C1=CC2=[N+](c3nc(-c4ccccc4)nc(-c4ccccc4)n3)c3cc(-c4ccccc4)cc4c5cc(-c6ccccc6)ccc5n(c34)C2C=C1. The first-order chi connectivity index (χ1) is 24.8. The van der Waals surface area contributed by atoms with E-state index in [-0.39, 0.29) is 6.04 Å². The molecule has 3 heterocycles. The van der Waals surface area contributed by atoms with Gasteiger partial charge in [0.25, 0.3) is 0 Å². The molecule has 1 unspecified atom stereocenters. The molecule has 5 heteroatoms. The van der Waals surface area contributed by atoms with Gasteiger partial charge in [-0.25, -0.2) is 0 Å². The maximum Gasteiger partial charge on any atom is 0.442 e. The van der Waals surface area contributed by atoms with Gasteiger partial charge in [-0.3, -0.25) is 0 Å². The summed E-state index contributed by atoms with van der Waals surface area (Å²) >= 11 is 0. The van der Waals surface area contributed by atoms with E-state index in [9.17, 15) is 0 Å². The van der Waals surface area contributed by atoms with Crippen molar-refractivity contribution in [1.29, 1.82) is 0 Å². The lowest BCUT2D eigenvalue weighted by Crippen LogP contribution is -2.31. The molecule has 234 valence electrons. The average Bonchev–Trinajstić information content (AvgIpc) is 3.53. The zero-order valence-electron chi connectivity index (χ0n) is 27.1. The van der Waals surface area contributed by atoms with Crippen LogP contribution in [0.4, 0.5) is 11.6 Å². The van der Waals surface area contributed by atoms with Crippen LogP contribution in [0, 0.1) is 0 Å². The minimum absolute atomic E-state index is 0.0604. The zero-order valence-corrected chi connectivity index (χ0v) is 27.1. The number of fused-ring (bicyclic) bond motifs is 5. The highest BCUT2D eigenvalue weighted by Gasteiger charge is 2.36. The summed E-state index contributed by atoms with van der Waals surface area (Å²) in [4.78, 5) is 15.5. The van der Waals surface area contributed by atoms with Gasteiger partial charge in [-0.2, -0.15) is 9.56 Å². The summed E-state index contributed by atoms with van der Waals surface area (Å²) in [6.07, 6.45) is 8.73. The van der Waals surface area contributed by atoms with Crippen molar-refractivity contribution in [2.75, 3.05) is 0 Å². The van der Waals surface area contributed by atoms with Crippen LogP contribution in [0.3, 0.4) is 0 Å². The third-order valence-corrected chi connectivity index (χ3v) is 9.73. The highest BCUT2D eigenvalue weighted by Crippen LogP contribution is 2.46. The van der Waals surface area contributed by atoms with Crippen LogP contribution in [-0.2, 0) is 0 Å². The van der Waals surface area contributed by atoms with Gasteiger partial charge in [-0.1, -0.05) is 121 Å². The van der Waals surface area contributed by atoms with Gasteiger partial charge in [0.15, 0.2) is 0 Å². The van der Waals surface area contributed by atoms with Crippen molar-refractivity contribution in [3.63, 3.8) is 0 Å². The number of benzene rings is 6. The van der Waals surface area contributed by atoms with E-state index in [0.29, 0.717) is 17.6 Å². The van der Waals surface area contributed by atoms with Crippen molar-refractivity contribution in [3.8, 4) is 45.0 Å². The van der Waals surface area contributed by atoms with E-state index in [1.54, 1.807) is 0 Å². The van der Waals surface area contributed by atoms with Crippen LogP contribution in [0.2, 0.25) is 0 Å². The summed E-state index contributed by atoms with van der Waals surface area (Å²) in [6, 6.07) is 53.1. The van der Waals surface area contributed by atoms with Crippen LogP contribution < -0.4 is 4.58 Å². The van der Waals surface area contributed by atoms with E-state index in [0.717, 1.165) is 39.2 Å². The number of hydrogen-bond acceptors (Lipinski definition) is 3. The Morgan fingerprint density at radius 2 is 1.04 bits per heavy atom. The van der Waals surface area contributed by atoms with Crippen molar-refractivity contribution >= 4 is 39.2 Å². The molecule has 0 N–H and O–H groups in total.